The first-order valence-corrected chi connectivity index (χ1v) is 36.5. The number of aromatic amines is 3. The largest absolute Gasteiger partial charge is 0.481 e. The first-order chi connectivity index (χ1) is 49.1. The highest BCUT2D eigenvalue weighted by Crippen LogP contribution is 2.23. The molecule has 2 aromatic carbocycles. The number of aliphatic hydroxyl groups excluding tert-OH is 1. The van der Waals surface area contributed by atoms with E-state index in [1.165, 1.54) is 61.8 Å². The van der Waals surface area contributed by atoms with Crippen LogP contribution in [0.25, 0.3) is 21.8 Å². The quantitative estimate of drug-likeness (QED) is 0.0207. The fourth-order valence-corrected chi connectivity index (χ4v) is 12.2. The van der Waals surface area contributed by atoms with Crippen LogP contribution < -0.4 is 69.5 Å². The summed E-state index contributed by atoms with van der Waals surface area (Å²) in [5, 5.41) is 60.8. The van der Waals surface area contributed by atoms with Gasteiger partial charge >= 0.3 is 11.9 Å². The highest BCUT2D eigenvalue weighted by Gasteiger charge is 2.37. The number of amides is 12. The average molecular weight is 1490 g/mol. The Morgan fingerprint density at radius 1 is 0.481 bits per heavy atom. The van der Waals surface area contributed by atoms with Gasteiger partial charge in [0.2, 0.25) is 70.9 Å². The maximum atomic E-state index is 14.7. The minimum Gasteiger partial charge on any atom is -0.481 e. The van der Waals surface area contributed by atoms with Crippen LogP contribution in [0.4, 0.5) is 0 Å². The number of para-hydroxylation sites is 2. The number of imidazole rings is 1. The first kappa shape index (κ1) is 84.6. The maximum absolute atomic E-state index is 14.7. The molecule has 0 aliphatic heterocycles. The van der Waals surface area contributed by atoms with Crippen molar-refractivity contribution in [1.82, 2.24) is 83.7 Å². The molecule has 0 radical (unpaired) electrons. The van der Waals surface area contributed by atoms with Crippen LogP contribution in [0.3, 0.4) is 0 Å². The third kappa shape index (κ3) is 26.3. The monoisotopic (exact) mass is 1490 g/mol. The summed E-state index contributed by atoms with van der Waals surface area (Å²) in [6, 6.07) is -2.36. The summed E-state index contributed by atoms with van der Waals surface area (Å²) >= 11 is 0. The molecule has 34 nitrogen and oxygen atoms in total. The Balaban J connectivity index is 1.27. The number of nitrogens with two attached hydrogens (primary N) is 1. The zero-order valence-electron chi connectivity index (χ0n) is 59.7. The molecule has 0 saturated carbocycles. The molecule has 0 aliphatic rings. The van der Waals surface area contributed by atoms with Crippen molar-refractivity contribution in [3.05, 3.63) is 90.3 Å². The predicted octanol–water partition coefficient (Wildman–Crippen LogP) is -1.06. The highest BCUT2D eigenvalue weighted by molar-refractivity contribution is 8.76. The second-order valence-electron chi connectivity index (χ2n) is 26.5. The number of rotatable bonds is 42. The molecule has 13 atom stereocenters. The van der Waals surface area contributed by atoms with E-state index in [-0.39, 0.29) is 49.7 Å². The predicted molar refractivity (Wildman–Crippen MR) is 387 cm³/mol. The number of carbonyl (C=O) groups is 14. The lowest BCUT2D eigenvalue weighted by Crippen LogP contribution is -2.61. The first-order valence-electron chi connectivity index (χ1n) is 33.8. The lowest BCUT2D eigenvalue weighted by molar-refractivity contribution is -0.145. The van der Waals surface area contributed by atoms with Crippen LogP contribution in [-0.4, -0.2) is 215 Å². The minimum atomic E-state index is -1.69. The van der Waals surface area contributed by atoms with E-state index < -0.39 is 180 Å². The lowest BCUT2D eigenvalue weighted by atomic mass is 9.98. The summed E-state index contributed by atoms with van der Waals surface area (Å²) in [7, 11) is 2.47. The SMILES string of the molecule is CSSC[C@H](NC(=O)[C@@H](N)CC(=O)O)C(=O)N[C@@H](C)C(=O)N[C@@H](Cc1c[nH]c2ccccc12)C(=O)N[C@@H](Cc1cnc[nH]1)C(=O)N[C@@H](CC(C)C)C(=O)NCC(=O)N[C@@H](C)C(=O)N[C@@H](CC(C)C)C(=O)N[C@H](C(=O)N[C@@H](Cc1c[nH]c2ccccc12)C(=O)N[C@@H](C)C(=O)N[C@H](C(=O)O)[C@@H](C)O)C(C)C. The number of carboxylic acids is 2. The van der Waals surface area contributed by atoms with Crippen LogP contribution in [0.5, 0.6) is 0 Å². The van der Waals surface area contributed by atoms with Gasteiger partial charge in [0.25, 0.3) is 0 Å². The molecule has 12 amide bonds. The number of aliphatic carboxylic acids is 2. The van der Waals surface area contributed by atoms with Crippen molar-refractivity contribution < 1.29 is 82.4 Å². The molecule has 3 aromatic heterocycles. The Hall–Kier alpha value is -10.1. The molecule has 36 heteroatoms. The van der Waals surface area contributed by atoms with E-state index >= 15 is 0 Å². The van der Waals surface area contributed by atoms with Gasteiger partial charge in [0.15, 0.2) is 6.04 Å². The number of aromatic nitrogens is 4. The molecule has 0 unspecified atom stereocenters. The molecule has 0 spiro atoms. The Bertz CT molecular complexity index is 3830. The topological polar surface area (TPSA) is 530 Å². The minimum absolute atomic E-state index is 0.0000606. The van der Waals surface area contributed by atoms with Crippen LogP contribution in [0, 0.1) is 17.8 Å². The molecule has 104 heavy (non-hydrogen) atoms. The molecule has 3 heterocycles. The number of benzene rings is 2. The lowest BCUT2D eigenvalue weighted by Gasteiger charge is -2.29. The highest BCUT2D eigenvalue weighted by atomic mass is 33.1. The van der Waals surface area contributed by atoms with Gasteiger partial charge < -0.3 is 99.8 Å². The smallest absolute Gasteiger partial charge is 0.328 e. The number of nitrogens with one attached hydrogen (secondary N) is 15. The van der Waals surface area contributed by atoms with Gasteiger partial charge in [-0.1, -0.05) is 99.5 Å². The summed E-state index contributed by atoms with van der Waals surface area (Å²) in [6.45, 7) is 14.8. The van der Waals surface area contributed by atoms with Crippen molar-refractivity contribution in [3.63, 3.8) is 0 Å². The molecule has 0 fully saturated rings. The maximum Gasteiger partial charge on any atom is 0.328 e. The average Bonchev–Trinajstić information content (AvgIpc) is 1.66. The summed E-state index contributed by atoms with van der Waals surface area (Å²) in [6.07, 6.45) is 5.15. The standard InChI is InChI=1S/C68H97N17O17S2/c1-32(2)20-47(80-64(97)51(24-41-28-70-31-74-41)81-63(96)50(23-40-27-72-46-19-15-13-17-43(40)46)79-58(91)36(8)77-66(99)52(30-104-103-11)83-60(93)44(69)25-54(88)89)61(94)73-29-53(87)75-35(7)57(90)78-48(21-33(3)4)65(98)84-55(34(5)6)67(100)82-49(22-39-26-71-45-18-14-12-16-42(39)45)62(95)76-37(9)59(92)85-56(38(10)86)68(101)102/h12-19,26-28,31-38,44,47-52,55-56,71-72,86H,20-25,29-30,69H2,1-11H3,(H,70,74)(H,73,94)(H,75,87)(H,76,95)(H,77,99)(H,78,90)(H,79,91)(H,80,97)(H,81,96)(H,82,100)(H,83,93)(H,84,98)(H,85,92)(H,88,89)(H,101,102)/t35-,36-,37-,38+,44-,47-,48-,49-,50-,51-,52-,55-,56-/m0/s1. The van der Waals surface area contributed by atoms with Crippen LogP contribution in [0.1, 0.15) is 105 Å². The van der Waals surface area contributed by atoms with Gasteiger partial charge in [-0.2, -0.15) is 0 Å². The van der Waals surface area contributed by atoms with Crippen molar-refractivity contribution in [2.24, 2.45) is 23.5 Å². The molecular formula is C68H97N17O17S2. The van der Waals surface area contributed by atoms with Gasteiger partial charge in [-0.25, -0.2) is 9.78 Å². The summed E-state index contributed by atoms with van der Waals surface area (Å²) in [5.74, 6) is -14.2. The van der Waals surface area contributed by atoms with E-state index in [1.807, 2.05) is 0 Å². The Kier molecular flexibility index (Phi) is 33.1. The van der Waals surface area contributed by atoms with Crippen LogP contribution in [0.15, 0.2) is 73.4 Å². The number of fused-ring (bicyclic) bond motifs is 2. The van der Waals surface area contributed by atoms with Gasteiger partial charge in [-0.05, 0) is 87.8 Å². The fourth-order valence-electron chi connectivity index (χ4n) is 10.8. The van der Waals surface area contributed by atoms with E-state index in [9.17, 15) is 77.3 Å². The van der Waals surface area contributed by atoms with E-state index in [2.05, 4.69) is 83.7 Å². The van der Waals surface area contributed by atoms with E-state index in [0.717, 1.165) is 10.9 Å². The van der Waals surface area contributed by atoms with Crippen molar-refractivity contribution in [3.8, 4) is 0 Å². The van der Waals surface area contributed by atoms with Crippen molar-refractivity contribution in [2.75, 3.05) is 18.6 Å². The number of hydrogen-bond acceptors (Lipinski definition) is 19. The number of nitrogens with zero attached hydrogens (tertiary/aromatic N) is 1. The third-order valence-electron chi connectivity index (χ3n) is 16.5. The Morgan fingerprint density at radius 3 is 1.38 bits per heavy atom. The number of carbonyl (C=O) groups excluding carboxylic acids is 12. The van der Waals surface area contributed by atoms with Gasteiger partial charge in [-0.3, -0.25) is 62.3 Å². The van der Waals surface area contributed by atoms with Gasteiger partial charge in [0, 0.05) is 71.1 Å². The van der Waals surface area contributed by atoms with Gasteiger partial charge in [0.1, 0.15) is 60.4 Å². The summed E-state index contributed by atoms with van der Waals surface area (Å²) in [5.41, 5.74) is 8.74. The van der Waals surface area contributed by atoms with Crippen molar-refractivity contribution >= 4 is 126 Å². The van der Waals surface area contributed by atoms with Gasteiger partial charge in [0.05, 0.1) is 31.4 Å². The van der Waals surface area contributed by atoms with Crippen LogP contribution in [0.2, 0.25) is 0 Å². The summed E-state index contributed by atoms with van der Waals surface area (Å²) < 4.78 is 0. The van der Waals surface area contributed by atoms with Crippen LogP contribution >= 0.6 is 21.6 Å². The fraction of sp³-hybridized carbons (Fsp3) is 0.515. The van der Waals surface area contributed by atoms with Crippen molar-refractivity contribution in [2.45, 2.75) is 186 Å². The number of hydrogen-bond donors (Lipinski definition) is 19. The third-order valence-corrected chi connectivity index (χ3v) is 18.3. The zero-order valence-corrected chi connectivity index (χ0v) is 61.4. The Morgan fingerprint density at radius 2 is 0.904 bits per heavy atom. The van der Waals surface area contributed by atoms with E-state index in [0.29, 0.717) is 27.7 Å². The molecule has 568 valence electrons. The van der Waals surface area contributed by atoms with Gasteiger partial charge in [-0.15, -0.1) is 0 Å². The second-order valence-corrected chi connectivity index (χ2v) is 29.1. The Labute approximate surface area is 608 Å². The molecule has 5 rings (SSSR count). The molecular weight excluding hydrogens is 1390 g/mol. The number of aliphatic hydroxyl groups is 1. The molecule has 0 saturated heterocycles. The van der Waals surface area contributed by atoms with E-state index in [1.54, 1.807) is 109 Å². The van der Waals surface area contributed by atoms with Crippen molar-refractivity contribution in [1.29, 1.82) is 0 Å². The molecule has 20 N–H and O–H groups in total. The molecule has 5 aromatic rings. The number of carboxylic acid groups (broad SMARTS) is 2. The zero-order chi connectivity index (χ0) is 77.2. The van der Waals surface area contributed by atoms with Crippen LogP contribution in [-0.2, 0) is 86.4 Å². The molecule has 0 aliphatic carbocycles. The second kappa shape index (κ2) is 40.7. The number of H-pyrrole nitrogens is 3. The summed E-state index contributed by atoms with van der Waals surface area (Å²) in [4.78, 5) is 203. The van der Waals surface area contributed by atoms with E-state index in [4.69, 9.17) is 10.8 Å². The normalized spacial score (nSPS) is 15.2. The molecule has 0 bridgehead atoms.